The first kappa shape index (κ1) is 10.7. The largest absolute Gasteiger partial charge is 0.316 e. The molecule has 0 heterocycles. The van der Waals surface area contributed by atoms with Crippen LogP contribution in [0.1, 0.15) is 43.2 Å². The van der Waals surface area contributed by atoms with Crippen LogP contribution in [-0.2, 0) is 6.42 Å². The fraction of sp³-hybridized carbons (Fsp3) is 0.571. The standard InChI is InChI=1S/C14H21N/c1-3-6-14(15-2)13-10-9-11-7-4-5-8-12(11)13/h4-5,7-8,13-15H,3,6,9-10H2,1-2H3. The lowest BCUT2D eigenvalue weighted by molar-refractivity contribution is 0.429. The quantitative estimate of drug-likeness (QED) is 0.793. The topological polar surface area (TPSA) is 12.0 Å². The summed E-state index contributed by atoms with van der Waals surface area (Å²) in [5.41, 5.74) is 3.16. The molecule has 1 aliphatic carbocycles. The Labute approximate surface area is 92.9 Å². The zero-order valence-electron chi connectivity index (χ0n) is 9.79. The SMILES string of the molecule is CCCC(NC)C1CCc2ccccc21. The monoisotopic (exact) mass is 203 g/mol. The highest BCUT2D eigenvalue weighted by molar-refractivity contribution is 5.35. The van der Waals surface area contributed by atoms with Gasteiger partial charge in [0, 0.05) is 6.04 Å². The number of nitrogens with one attached hydrogen (secondary N) is 1. The van der Waals surface area contributed by atoms with Gasteiger partial charge in [-0.05, 0) is 43.4 Å². The lowest BCUT2D eigenvalue weighted by Crippen LogP contribution is -2.30. The summed E-state index contributed by atoms with van der Waals surface area (Å²) in [4.78, 5) is 0. The maximum atomic E-state index is 3.49. The molecule has 1 aliphatic rings. The molecular weight excluding hydrogens is 182 g/mol. The Morgan fingerprint density at radius 2 is 2.20 bits per heavy atom. The van der Waals surface area contributed by atoms with Crippen LogP contribution in [0.4, 0.5) is 0 Å². The van der Waals surface area contributed by atoms with E-state index in [2.05, 4.69) is 43.6 Å². The first-order valence-electron chi connectivity index (χ1n) is 6.12. The second-order valence-corrected chi connectivity index (χ2v) is 4.53. The smallest absolute Gasteiger partial charge is 0.0133 e. The van der Waals surface area contributed by atoms with Crippen LogP contribution in [0, 0.1) is 0 Å². The number of hydrogen-bond donors (Lipinski definition) is 1. The lowest BCUT2D eigenvalue weighted by atomic mass is 9.90. The molecule has 82 valence electrons. The fourth-order valence-electron chi connectivity index (χ4n) is 2.87. The number of rotatable bonds is 4. The van der Waals surface area contributed by atoms with Gasteiger partial charge in [-0.2, -0.15) is 0 Å². The van der Waals surface area contributed by atoms with Gasteiger partial charge in [0.1, 0.15) is 0 Å². The molecular formula is C14H21N. The van der Waals surface area contributed by atoms with Crippen LogP contribution in [0.2, 0.25) is 0 Å². The first-order valence-corrected chi connectivity index (χ1v) is 6.12. The molecule has 0 aromatic heterocycles. The van der Waals surface area contributed by atoms with Crippen molar-refractivity contribution in [2.45, 2.75) is 44.6 Å². The van der Waals surface area contributed by atoms with E-state index in [0.29, 0.717) is 6.04 Å². The van der Waals surface area contributed by atoms with Crippen LogP contribution < -0.4 is 5.32 Å². The zero-order chi connectivity index (χ0) is 10.7. The van der Waals surface area contributed by atoms with E-state index in [-0.39, 0.29) is 0 Å². The van der Waals surface area contributed by atoms with Crippen molar-refractivity contribution in [2.75, 3.05) is 7.05 Å². The average Bonchev–Trinajstić information content (AvgIpc) is 2.70. The van der Waals surface area contributed by atoms with E-state index in [1.165, 1.54) is 25.7 Å². The second-order valence-electron chi connectivity index (χ2n) is 4.53. The van der Waals surface area contributed by atoms with Gasteiger partial charge < -0.3 is 5.32 Å². The molecule has 1 aromatic carbocycles. The molecule has 0 radical (unpaired) electrons. The Bertz CT molecular complexity index is 319. The van der Waals surface area contributed by atoms with Gasteiger partial charge in [-0.1, -0.05) is 37.6 Å². The summed E-state index contributed by atoms with van der Waals surface area (Å²) >= 11 is 0. The molecule has 2 atom stereocenters. The first-order chi connectivity index (χ1) is 7.36. The van der Waals surface area contributed by atoms with Crippen molar-refractivity contribution in [1.82, 2.24) is 5.32 Å². The number of aryl methyl sites for hydroxylation is 1. The Hall–Kier alpha value is -0.820. The molecule has 2 rings (SSSR count). The molecule has 1 aromatic rings. The molecule has 1 heteroatoms. The van der Waals surface area contributed by atoms with E-state index < -0.39 is 0 Å². The van der Waals surface area contributed by atoms with E-state index in [9.17, 15) is 0 Å². The minimum Gasteiger partial charge on any atom is -0.316 e. The number of hydrogen-bond acceptors (Lipinski definition) is 1. The Balaban J connectivity index is 2.18. The predicted octanol–water partition coefficient (Wildman–Crippen LogP) is 3.10. The molecule has 0 amide bonds. The molecule has 0 saturated carbocycles. The molecule has 0 spiro atoms. The number of fused-ring (bicyclic) bond motifs is 1. The van der Waals surface area contributed by atoms with Gasteiger partial charge in [-0.15, -0.1) is 0 Å². The maximum Gasteiger partial charge on any atom is 0.0133 e. The molecule has 0 bridgehead atoms. The normalized spacial score (nSPS) is 21.3. The molecule has 0 aliphatic heterocycles. The van der Waals surface area contributed by atoms with Crippen LogP contribution in [0.25, 0.3) is 0 Å². The van der Waals surface area contributed by atoms with E-state index in [0.717, 1.165) is 5.92 Å². The summed E-state index contributed by atoms with van der Waals surface area (Å²) in [5, 5.41) is 3.49. The van der Waals surface area contributed by atoms with E-state index >= 15 is 0 Å². The third-order valence-electron chi connectivity index (χ3n) is 3.64. The van der Waals surface area contributed by atoms with Crippen molar-refractivity contribution in [1.29, 1.82) is 0 Å². The van der Waals surface area contributed by atoms with Gasteiger partial charge in [0.2, 0.25) is 0 Å². The van der Waals surface area contributed by atoms with Crippen molar-refractivity contribution < 1.29 is 0 Å². The van der Waals surface area contributed by atoms with Crippen molar-refractivity contribution in [3.05, 3.63) is 35.4 Å². The van der Waals surface area contributed by atoms with Gasteiger partial charge in [0.25, 0.3) is 0 Å². The minimum atomic E-state index is 0.665. The van der Waals surface area contributed by atoms with Crippen LogP contribution in [-0.4, -0.2) is 13.1 Å². The minimum absolute atomic E-state index is 0.665. The summed E-state index contributed by atoms with van der Waals surface area (Å²) in [5.74, 6) is 0.742. The Morgan fingerprint density at radius 3 is 2.93 bits per heavy atom. The van der Waals surface area contributed by atoms with Gasteiger partial charge in [0.05, 0.1) is 0 Å². The van der Waals surface area contributed by atoms with Gasteiger partial charge >= 0.3 is 0 Å². The van der Waals surface area contributed by atoms with Crippen molar-refractivity contribution in [3.8, 4) is 0 Å². The van der Waals surface area contributed by atoms with Crippen molar-refractivity contribution >= 4 is 0 Å². The second kappa shape index (κ2) is 4.80. The molecule has 1 nitrogen and oxygen atoms in total. The van der Waals surface area contributed by atoms with Crippen molar-refractivity contribution in [2.24, 2.45) is 0 Å². The van der Waals surface area contributed by atoms with E-state index in [1.807, 2.05) is 0 Å². The van der Waals surface area contributed by atoms with E-state index in [1.54, 1.807) is 11.1 Å². The highest BCUT2D eigenvalue weighted by Gasteiger charge is 2.27. The summed E-state index contributed by atoms with van der Waals surface area (Å²) in [6.45, 7) is 2.27. The highest BCUT2D eigenvalue weighted by Crippen LogP contribution is 2.36. The predicted molar refractivity (Wildman–Crippen MR) is 65.3 cm³/mol. The van der Waals surface area contributed by atoms with Crippen LogP contribution in [0.5, 0.6) is 0 Å². The average molecular weight is 203 g/mol. The zero-order valence-corrected chi connectivity index (χ0v) is 9.79. The number of benzene rings is 1. The molecule has 2 unspecified atom stereocenters. The van der Waals surface area contributed by atoms with Crippen molar-refractivity contribution in [3.63, 3.8) is 0 Å². The summed E-state index contributed by atoms with van der Waals surface area (Å²) in [6.07, 6.45) is 5.15. The summed E-state index contributed by atoms with van der Waals surface area (Å²) in [7, 11) is 2.10. The van der Waals surface area contributed by atoms with Gasteiger partial charge in [-0.25, -0.2) is 0 Å². The van der Waals surface area contributed by atoms with Crippen LogP contribution in [0.15, 0.2) is 24.3 Å². The summed E-state index contributed by atoms with van der Waals surface area (Å²) in [6, 6.07) is 9.60. The molecule has 0 fully saturated rings. The van der Waals surface area contributed by atoms with Gasteiger partial charge in [-0.3, -0.25) is 0 Å². The summed E-state index contributed by atoms with van der Waals surface area (Å²) < 4.78 is 0. The Kier molecular flexibility index (Phi) is 3.42. The molecule has 1 N–H and O–H groups in total. The maximum absolute atomic E-state index is 3.49. The highest BCUT2D eigenvalue weighted by atomic mass is 14.9. The Morgan fingerprint density at radius 1 is 1.40 bits per heavy atom. The molecule has 0 saturated heterocycles. The number of likely N-dealkylation sites (N-methyl/N-ethyl adjacent to an activating group) is 1. The third kappa shape index (κ3) is 2.07. The third-order valence-corrected chi connectivity index (χ3v) is 3.64. The van der Waals surface area contributed by atoms with Gasteiger partial charge in [0.15, 0.2) is 0 Å². The van der Waals surface area contributed by atoms with Crippen LogP contribution >= 0.6 is 0 Å². The lowest BCUT2D eigenvalue weighted by Gasteiger charge is -2.23. The van der Waals surface area contributed by atoms with E-state index in [4.69, 9.17) is 0 Å². The molecule has 15 heavy (non-hydrogen) atoms. The van der Waals surface area contributed by atoms with Crippen LogP contribution in [0.3, 0.4) is 0 Å². The fourth-order valence-corrected chi connectivity index (χ4v) is 2.87.